The van der Waals surface area contributed by atoms with Crippen molar-refractivity contribution >= 4 is 27.6 Å². The number of carbonyl (C=O) groups is 1. The van der Waals surface area contributed by atoms with Crippen LogP contribution < -0.4 is 5.73 Å². The number of nitrogen functional groups attached to an aromatic ring is 1. The normalized spacial score (nSPS) is 10.2. The van der Waals surface area contributed by atoms with Gasteiger partial charge in [-0.15, -0.1) is 0 Å². The van der Waals surface area contributed by atoms with Gasteiger partial charge in [-0.3, -0.25) is 4.79 Å². The molecule has 98 valence electrons. The fourth-order valence-electron chi connectivity index (χ4n) is 1.60. The van der Waals surface area contributed by atoms with Crippen molar-refractivity contribution in [3.63, 3.8) is 0 Å². The Morgan fingerprint density at radius 2 is 1.58 bits per heavy atom. The van der Waals surface area contributed by atoms with E-state index in [1.807, 2.05) is 36.4 Å². The topological polar surface area (TPSA) is 52.3 Å². The molecule has 19 heavy (non-hydrogen) atoms. The lowest BCUT2D eigenvalue weighted by atomic mass is 10.1. The molecule has 2 aromatic rings. The summed E-state index contributed by atoms with van der Waals surface area (Å²) in [6.45, 7) is 0.293. The smallest absolute Gasteiger partial charge is 0.310 e. The SMILES string of the molecule is Nc1ccc(CC(=O)OCc2ccc(Br)cc2)cc1. The average molecular weight is 320 g/mol. The fourth-order valence-corrected chi connectivity index (χ4v) is 1.86. The predicted octanol–water partition coefficient (Wildman–Crippen LogP) is 3.32. The summed E-state index contributed by atoms with van der Waals surface area (Å²) < 4.78 is 6.22. The standard InChI is InChI=1S/C15H14BrNO2/c16-13-5-1-12(2-6-13)10-19-15(18)9-11-3-7-14(17)8-4-11/h1-8H,9-10,17H2. The van der Waals surface area contributed by atoms with Gasteiger partial charge in [0.2, 0.25) is 0 Å². The van der Waals surface area contributed by atoms with Crippen molar-refractivity contribution in [3.8, 4) is 0 Å². The summed E-state index contributed by atoms with van der Waals surface area (Å²) in [5, 5.41) is 0. The van der Waals surface area contributed by atoms with Gasteiger partial charge in [-0.05, 0) is 35.4 Å². The Labute approximate surface area is 120 Å². The number of hydrogen-bond acceptors (Lipinski definition) is 3. The van der Waals surface area contributed by atoms with E-state index in [2.05, 4.69) is 15.9 Å². The molecule has 2 rings (SSSR count). The molecule has 0 spiro atoms. The van der Waals surface area contributed by atoms with Crippen LogP contribution in [0.15, 0.2) is 53.0 Å². The van der Waals surface area contributed by atoms with Crippen LogP contribution in [-0.4, -0.2) is 5.97 Å². The molecule has 0 aromatic heterocycles. The summed E-state index contributed by atoms with van der Waals surface area (Å²) in [5.74, 6) is -0.243. The summed E-state index contributed by atoms with van der Waals surface area (Å²) in [5.41, 5.74) is 8.14. The number of anilines is 1. The number of hydrogen-bond donors (Lipinski definition) is 1. The van der Waals surface area contributed by atoms with Crippen LogP contribution in [0.4, 0.5) is 5.69 Å². The van der Waals surface area contributed by atoms with Crippen LogP contribution in [0, 0.1) is 0 Å². The van der Waals surface area contributed by atoms with Crippen LogP contribution in [0.25, 0.3) is 0 Å². The molecule has 0 saturated heterocycles. The van der Waals surface area contributed by atoms with E-state index in [9.17, 15) is 4.79 Å². The van der Waals surface area contributed by atoms with Crippen molar-refractivity contribution in [3.05, 3.63) is 64.1 Å². The van der Waals surface area contributed by atoms with Gasteiger partial charge >= 0.3 is 5.97 Å². The Balaban J connectivity index is 1.84. The maximum atomic E-state index is 11.7. The molecule has 2 N–H and O–H groups in total. The van der Waals surface area contributed by atoms with E-state index >= 15 is 0 Å². The van der Waals surface area contributed by atoms with Gasteiger partial charge in [0.15, 0.2) is 0 Å². The van der Waals surface area contributed by atoms with E-state index < -0.39 is 0 Å². The van der Waals surface area contributed by atoms with Crippen LogP contribution in [0.3, 0.4) is 0 Å². The minimum Gasteiger partial charge on any atom is -0.461 e. The van der Waals surface area contributed by atoms with Gasteiger partial charge in [-0.25, -0.2) is 0 Å². The number of benzene rings is 2. The van der Waals surface area contributed by atoms with Gasteiger partial charge in [0.25, 0.3) is 0 Å². The van der Waals surface area contributed by atoms with Crippen molar-refractivity contribution in [2.75, 3.05) is 5.73 Å². The number of carbonyl (C=O) groups excluding carboxylic acids is 1. The predicted molar refractivity (Wildman–Crippen MR) is 78.5 cm³/mol. The molecule has 0 fully saturated rings. The van der Waals surface area contributed by atoms with E-state index in [0.717, 1.165) is 15.6 Å². The largest absolute Gasteiger partial charge is 0.461 e. The molecule has 4 heteroatoms. The van der Waals surface area contributed by atoms with Crippen molar-refractivity contribution in [1.82, 2.24) is 0 Å². The molecule has 0 radical (unpaired) electrons. The zero-order chi connectivity index (χ0) is 13.7. The second kappa shape index (κ2) is 6.38. The Bertz CT molecular complexity index is 549. The summed E-state index contributed by atoms with van der Waals surface area (Å²) in [7, 11) is 0. The quantitative estimate of drug-likeness (QED) is 0.694. The van der Waals surface area contributed by atoms with E-state index in [4.69, 9.17) is 10.5 Å². The third kappa shape index (κ3) is 4.41. The molecular formula is C15H14BrNO2. The van der Waals surface area contributed by atoms with Crippen LogP contribution in [0.1, 0.15) is 11.1 Å². The zero-order valence-corrected chi connectivity index (χ0v) is 11.9. The Kier molecular flexibility index (Phi) is 4.58. The highest BCUT2D eigenvalue weighted by molar-refractivity contribution is 9.10. The lowest BCUT2D eigenvalue weighted by molar-refractivity contribution is -0.144. The molecule has 0 aliphatic rings. The number of esters is 1. The van der Waals surface area contributed by atoms with Crippen LogP contribution in [-0.2, 0) is 22.6 Å². The van der Waals surface area contributed by atoms with Gasteiger partial charge in [0.05, 0.1) is 6.42 Å². The van der Waals surface area contributed by atoms with Gasteiger partial charge in [0.1, 0.15) is 6.61 Å². The Morgan fingerprint density at radius 3 is 2.21 bits per heavy atom. The first kappa shape index (κ1) is 13.6. The lowest BCUT2D eigenvalue weighted by Crippen LogP contribution is -2.08. The van der Waals surface area contributed by atoms with Crippen molar-refractivity contribution in [2.24, 2.45) is 0 Å². The van der Waals surface area contributed by atoms with Crippen LogP contribution in [0.2, 0.25) is 0 Å². The lowest BCUT2D eigenvalue weighted by Gasteiger charge is -2.05. The fraction of sp³-hybridized carbons (Fsp3) is 0.133. The van der Waals surface area contributed by atoms with Gasteiger partial charge in [-0.1, -0.05) is 40.2 Å². The Morgan fingerprint density at radius 1 is 1.00 bits per heavy atom. The van der Waals surface area contributed by atoms with Gasteiger partial charge < -0.3 is 10.5 Å². The molecule has 2 aromatic carbocycles. The third-order valence-electron chi connectivity index (χ3n) is 2.64. The Hall–Kier alpha value is -1.81. The van der Waals surface area contributed by atoms with Gasteiger partial charge in [-0.2, -0.15) is 0 Å². The highest BCUT2D eigenvalue weighted by Crippen LogP contribution is 2.12. The zero-order valence-electron chi connectivity index (χ0n) is 10.3. The monoisotopic (exact) mass is 319 g/mol. The van der Waals surface area contributed by atoms with Crippen molar-refractivity contribution < 1.29 is 9.53 Å². The van der Waals surface area contributed by atoms with Crippen LogP contribution in [0.5, 0.6) is 0 Å². The molecule has 0 unspecified atom stereocenters. The molecule has 0 aliphatic carbocycles. The molecule has 3 nitrogen and oxygen atoms in total. The van der Waals surface area contributed by atoms with Gasteiger partial charge in [0, 0.05) is 10.2 Å². The first-order valence-corrected chi connectivity index (χ1v) is 6.67. The molecule has 0 atom stereocenters. The first-order valence-electron chi connectivity index (χ1n) is 5.88. The van der Waals surface area contributed by atoms with E-state index in [-0.39, 0.29) is 12.4 Å². The maximum Gasteiger partial charge on any atom is 0.310 e. The van der Waals surface area contributed by atoms with E-state index in [1.54, 1.807) is 12.1 Å². The molecule has 0 heterocycles. The summed E-state index contributed by atoms with van der Waals surface area (Å²) >= 11 is 3.36. The second-order valence-electron chi connectivity index (χ2n) is 4.21. The summed E-state index contributed by atoms with van der Waals surface area (Å²) in [6, 6.07) is 14.9. The maximum absolute atomic E-state index is 11.7. The van der Waals surface area contributed by atoms with E-state index in [1.165, 1.54) is 0 Å². The minimum absolute atomic E-state index is 0.243. The molecular weight excluding hydrogens is 306 g/mol. The number of nitrogens with two attached hydrogens (primary N) is 1. The molecule has 0 amide bonds. The number of ether oxygens (including phenoxy) is 1. The minimum atomic E-state index is -0.243. The average Bonchev–Trinajstić information content (AvgIpc) is 2.41. The van der Waals surface area contributed by atoms with Crippen LogP contribution >= 0.6 is 15.9 Å². The van der Waals surface area contributed by atoms with Crippen molar-refractivity contribution in [1.29, 1.82) is 0 Å². The number of rotatable bonds is 4. The van der Waals surface area contributed by atoms with E-state index in [0.29, 0.717) is 12.3 Å². The highest BCUT2D eigenvalue weighted by atomic mass is 79.9. The third-order valence-corrected chi connectivity index (χ3v) is 3.17. The highest BCUT2D eigenvalue weighted by Gasteiger charge is 2.05. The number of halogens is 1. The molecule has 0 aliphatic heterocycles. The molecule has 0 bridgehead atoms. The van der Waals surface area contributed by atoms with Crippen molar-refractivity contribution in [2.45, 2.75) is 13.0 Å². The first-order chi connectivity index (χ1) is 9.13. The molecule has 0 saturated carbocycles. The summed E-state index contributed by atoms with van der Waals surface area (Å²) in [4.78, 5) is 11.7. The summed E-state index contributed by atoms with van der Waals surface area (Å²) in [6.07, 6.45) is 0.261. The second-order valence-corrected chi connectivity index (χ2v) is 5.12.